The highest BCUT2D eigenvalue weighted by molar-refractivity contribution is 7.09. The van der Waals surface area contributed by atoms with Gasteiger partial charge in [0.15, 0.2) is 0 Å². The predicted octanol–water partition coefficient (Wildman–Crippen LogP) is 0.587. The van der Waals surface area contributed by atoms with Gasteiger partial charge in [0.25, 0.3) is 0 Å². The van der Waals surface area contributed by atoms with Crippen LogP contribution in [-0.4, -0.2) is 37.0 Å². The van der Waals surface area contributed by atoms with Crippen molar-refractivity contribution in [3.63, 3.8) is 0 Å². The van der Waals surface area contributed by atoms with Crippen LogP contribution in [0.15, 0.2) is 11.6 Å². The molecule has 1 aromatic rings. The van der Waals surface area contributed by atoms with Crippen LogP contribution in [-0.2, 0) is 10.3 Å². The van der Waals surface area contributed by atoms with E-state index in [0.717, 1.165) is 5.01 Å². The smallest absolute Gasteiger partial charge is 0.115 e. The molecule has 1 heterocycles. The second-order valence-electron chi connectivity index (χ2n) is 3.25. The quantitative estimate of drug-likeness (QED) is 0.683. The van der Waals surface area contributed by atoms with E-state index in [1.165, 1.54) is 11.3 Å². The van der Waals surface area contributed by atoms with E-state index in [1.54, 1.807) is 13.3 Å². The van der Waals surface area contributed by atoms with Crippen LogP contribution in [0.25, 0.3) is 0 Å². The van der Waals surface area contributed by atoms with Crippen LogP contribution < -0.4 is 5.32 Å². The van der Waals surface area contributed by atoms with Crippen molar-refractivity contribution in [2.24, 2.45) is 0 Å². The first-order valence-electron chi connectivity index (χ1n) is 4.48. The van der Waals surface area contributed by atoms with E-state index >= 15 is 0 Å². The van der Waals surface area contributed by atoms with Crippen LogP contribution in [0.5, 0.6) is 0 Å². The molecule has 5 heteroatoms. The molecule has 1 atom stereocenters. The maximum atomic E-state index is 9.32. The van der Waals surface area contributed by atoms with E-state index in [-0.39, 0.29) is 6.61 Å². The molecular weight excluding hydrogens is 200 g/mol. The van der Waals surface area contributed by atoms with Gasteiger partial charge in [-0.1, -0.05) is 0 Å². The van der Waals surface area contributed by atoms with Gasteiger partial charge in [-0.3, -0.25) is 0 Å². The Morgan fingerprint density at radius 2 is 2.50 bits per heavy atom. The van der Waals surface area contributed by atoms with Crippen molar-refractivity contribution in [2.75, 3.05) is 26.9 Å². The van der Waals surface area contributed by atoms with E-state index in [1.807, 2.05) is 12.3 Å². The van der Waals surface area contributed by atoms with Gasteiger partial charge in [0, 0.05) is 25.2 Å². The van der Waals surface area contributed by atoms with Gasteiger partial charge in [0.05, 0.1) is 18.8 Å². The number of methoxy groups -OCH3 is 1. The van der Waals surface area contributed by atoms with Gasteiger partial charge < -0.3 is 15.2 Å². The van der Waals surface area contributed by atoms with Crippen molar-refractivity contribution < 1.29 is 9.84 Å². The number of ether oxygens (including phenoxy) is 1. The highest BCUT2D eigenvalue weighted by Gasteiger charge is 2.27. The average Bonchev–Trinajstić information content (AvgIpc) is 2.71. The fraction of sp³-hybridized carbons (Fsp3) is 0.667. The molecule has 80 valence electrons. The van der Waals surface area contributed by atoms with Crippen LogP contribution in [0.1, 0.15) is 11.9 Å². The first kappa shape index (κ1) is 11.6. The lowest BCUT2D eigenvalue weighted by molar-refractivity contribution is 0.148. The van der Waals surface area contributed by atoms with Gasteiger partial charge in [-0.2, -0.15) is 0 Å². The van der Waals surface area contributed by atoms with Crippen molar-refractivity contribution in [1.82, 2.24) is 10.3 Å². The van der Waals surface area contributed by atoms with Crippen molar-refractivity contribution in [3.8, 4) is 0 Å². The number of hydrogen-bond donors (Lipinski definition) is 2. The zero-order valence-corrected chi connectivity index (χ0v) is 9.30. The lowest BCUT2D eigenvalue weighted by Gasteiger charge is -2.26. The molecule has 0 spiro atoms. The van der Waals surface area contributed by atoms with Crippen molar-refractivity contribution in [3.05, 3.63) is 16.6 Å². The number of nitrogens with zero attached hydrogens (tertiary/aromatic N) is 1. The number of aliphatic hydroxyl groups is 1. The van der Waals surface area contributed by atoms with Crippen LogP contribution in [0.4, 0.5) is 0 Å². The summed E-state index contributed by atoms with van der Waals surface area (Å²) in [5.74, 6) is 0. The number of hydrogen-bond acceptors (Lipinski definition) is 5. The Kier molecular flexibility index (Phi) is 4.47. The Morgan fingerprint density at radius 3 is 3.00 bits per heavy atom. The summed E-state index contributed by atoms with van der Waals surface area (Å²) in [7, 11) is 1.65. The van der Waals surface area contributed by atoms with E-state index in [9.17, 15) is 5.11 Å². The largest absolute Gasteiger partial charge is 0.394 e. The highest BCUT2D eigenvalue weighted by atomic mass is 32.1. The fourth-order valence-corrected chi connectivity index (χ4v) is 1.89. The summed E-state index contributed by atoms with van der Waals surface area (Å²) >= 11 is 1.54. The Balaban J connectivity index is 2.57. The second-order valence-corrected chi connectivity index (χ2v) is 4.14. The van der Waals surface area contributed by atoms with E-state index in [4.69, 9.17) is 4.74 Å². The number of rotatable bonds is 6. The van der Waals surface area contributed by atoms with Gasteiger partial charge in [-0.15, -0.1) is 11.3 Å². The van der Waals surface area contributed by atoms with Gasteiger partial charge in [-0.05, 0) is 6.92 Å². The van der Waals surface area contributed by atoms with Gasteiger partial charge >= 0.3 is 0 Å². The van der Waals surface area contributed by atoms with E-state index in [0.29, 0.717) is 13.2 Å². The summed E-state index contributed by atoms with van der Waals surface area (Å²) < 4.78 is 4.94. The molecule has 14 heavy (non-hydrogen) atoms. The second kappa shape index (κ2) is 5.41. The van der Waals surface area contributed by atoms with E-state index < -0.39 is 5.54 Å². The predicted molar refractivity (Wildman–Crippen MR) is 56.4 cm³/mol. The third-order valence-electron chi connectivity index (χ3n) is 2.04. The lowest BCUT2D eigenvalue weighted by Crippen LogP contribution is -2.44. The summed E-state index contributed by atoms with van der Waals surface area (Å²) in [6.45, 7) is 3.29. The van der Waals surface area contributed by atoms with Gasteiger partial charge in [-0.25, -0.2) is 4.98 Å². The highest BCUT2D eigenvalue weighted by Crippen LogP contribution is 2.21. The molecule has 2 N–H and O–H groups in total. The van der Waals surface area contributed by atoms with Crippen molar-refractivity contribution >= 4 is 11.3 Å². The molecule has 0 aliphatic carbocycles. The molecule has 0 aromatic carbocycles. The summed E-state index contributed by atoms with van der Waals surface area (Å²) in [5, 5.41) is 15.3. The van der Waals surface area contributed by atoms with Crippen LogP contribution >= 0.6 is 11.3 Å². The maximum Gasteiger partial charge on any atom is 0.115 e. The van der Waals surface area contributed by atoms with Crippen LogP contribution in [0.3, 0.4) is 0 Å². The summed E-state index contributed by atoms with van der Waals surface area (Å²) in [6.07, 6.45) is 1.74. The molecule has 1 unspecified atom stereocenters. The summed E-state index contributed by atoms with van der Waals surface area (Å²) in [5.41, 5.74) is -0.452. The molecular formula is C9H16N2O2S. The minimum atomic E-state index is -0.452. The zero-order chi connectivity index (χ0) is 10.4. The zero-order valence-electron chi connectivity index (χ0n) is 8.49. The number of aromatic nitrogens is 1. The van der Waals surface area contributed by atoms with Crippen LogP contribution in [0.2, 0.25) is 0 Å². The SMILES string of the molecule is COCCNC(C)(CO)c1nccs1. The molecule has 0 amide bonds. The molecule has 0 aliphatic rings. The number of nitrogens with one attached hydrogen (secondary N) is 1. The molecule has 0 radical (unpaired) electrons. The molecule has 1 rings (SSSR count). The Labute approximate surface area is 87.9 Å². The van der Waals surface area contributed by atoms with Gasteiger partial charge in [0.2, 0.25) is 0 Å². The van der Waals surface area contributed by atoms with Crippen molar-refractivity contribution in [2.45, 2.75) is 12.5 Å². The Morgan fingerprint density at radius 1 is 1.71 bits per heavy atom. The Hall–Kier alpha value is -0.490. The number of thiazole rings is 1. The summed E-state index contributed by atoms with van der Waals surface area (Å²) in [4.78, 5) is 4.19. The fourth-order valence-electron chi connectivity index (χ4n) is 1.12. The molecule has 0 saturated carbocycles. The molecule has 0 fully saturated rings. The minimum absolute atomic E-state index is 0.0320. The normalized spacial score (nSPS) is 15.4. The van der Waals surface area contributed by atoms with Crippen LogP contribution in [0, 0.1) is 0 Å². The first-order chi connectivity index (χ1) is 6.73. The topological polar surface area (TPSA) is 54.4 Å². The average molecular weight is 216 g/mol. The van der Waals surface area contributed by atoms with E-state index in [2.05, 4.69) is 10.3 Å². The third kappa shape index (κ3) is 2.75. The molecule has 0 saturated heterocycles. The Bertz CT molecular complexity index is 253. The minimum Gasteiger partial charge on any atom is -0.394 e. The molecule has 0 bridgehead atoms. The third-order valence-corrected chi connectivity index (χ3v) is 3.08. The first-order valence-corrected chi connectivity index (χ1v) is 5.35. The standard InChI is InChI=1S/C9H16N2O2S/c1-9(7-12,11-3-5-13-2)8-10-4-6-14-8/h4,6,11-12H,3,5,7H2,1-2H3. The van der Waals surface area contributed by atoms with Crippen molar-refractivity contribution in [1.29, 1.82) is 0 Å². The van der Waals surface area contributed by atoms with Gasteiger partial charge in [0.1, 0.15) is 5.01 Å². The molecule has 1 aromatic heterocycles. The maximum absolute atomic E-state index is 9.32. The lowest BCUT2D eigenvalue weighted by atomic mass is 10.1. The molecule has 0 aliphatic heterocycles. The summed E-state index contributed by atoms with van der Waals surface area (Å²) in [6, 6.07) is 0. The molecule has 4 nitrogen and oxygen atoms in total. The monoisotopic (exact) mass is 216 g/mol. The number of aliphatic hydroxyl groups excluding tert-OH is 1.